The Kier molecular flexibility index (Phi) is 4.67. The second kappa shape index (κ2) is 7.15. The van der Waals surface area contributed by atoms with E-state index in [0.717, 1.165) is 17.8 Å². The third-order valence-corrected chi connectivity index (χ3v) is 5.40. The molecule has 0 bridgehead atoms. The lowest BCUT2D eigenvalue weighted by atomic mass is 9.89. The molecule has 0 saturated heterocycles. The summed E-state index contributed by atoms with van der Waals surface area (Å²) in [5, 5.41) is 8.12. The molecule has 1 aliphatic heterocycles. The summed E-state index contributed by atoms with van der Waals surface area (Å²) in [6.45, 7) is 4.90. The van der Waals surface area contributed by atoms with E-state index >= 15 is 0 Å². The molecule has 0 fully saturated rings. The van der Waals surface area contributed by atoms with Crippen LogP contribution in [0.15, 0.2) is 66.9 Å². The van der Waals surface area contributed by atoms with Gasteiger partial charge in [0, 0.05) is 13.6 Å². The van der Waals surface area contributed by atoms with Crippen LogP contribution in [-0.4, -0.2) is 27.6 Å². The van der Waals surface area contributed by atoms with Crippen molar-refractivity contribution in [1.82, 2.24) is 14.7 Å². The van der Waals surface area contributed by atoms with Crippen LogP contribution in [0.5, 0.6) is 0 Å². The SMILES string of the molecule is CN(Cc1ccccc1)C(=O)c1cnn2c1NC(c1ccccc1)CC2(C)C. The Morgan fingerprint density at radius 2 is 1.79 bits per heavy atom. The highest BCUT2D eigenvalue weighted by Crippen LogP contribution is 2.40. The fraction of sp³-hybridized carbons (Fsp3) is 0.304. The summed E-state index contributed by atoms with van der Waals surface area (Å²) in [5.41, 5.74) is 2.76. The second-order valence-electron chi connectivity index (χ2n) is 8.09. The Morgan fingerprint density at radius 3 is 2.46 bits per heavy atom. The zero-order chi connectivity index (χ0) is 19.7. The summed E-state index contributed by atoms with van der Waals surface area (Å²) in [6, 6.07) is 20.6. The smallest absolute Gasteiger partial charge is 0.259 e. The van der Waals surface area contributed by atoms with Crippen LogP contribution in [0.4, 0.5) is 5.82 Å². The largest absolute Gasteiger partial charge is 0.363 e. The number of nitrogens with one attached hydrogen (secondary N) is 1. The van der Waals surface area contributed by atoms with Gasteiger partial charge in [0.25, 0.3) is 5.91 Å². The number of hydrogen-bond donors (Lipinski definition) is 1. The molecule has 4 rings (SSSR count). The summed E-state index contributed by atoms with van der Waals surface area (Å²) < 4.78 is 1.95. The number of amides is 1. The quantitative estimate of drug-likeness (QED) is 0.734. The van der Waals surface area contributed by atoms with Gasteiger partial charge < -0.3 is 10.2 Å². The third kappa shape index (κ3) is 3.40. The van der Waals surface area contributed by atoms with Gasteiger partial charge in [0.15, 0.2) is 0 Å². The predicted molar refractivity (Wildman–Crippen MR) is 111 cm³/mol. The zero-order valence-corrected chi connectivity index (χ0v) is 16.6. The summed E-state index contributed by atoms with van der Waals surface area (Å²) in [6.07, 6.45) is 2.60. The molecular formula is C23H26N4O. The summed E-state index contributed by atoms with van der Waals surface area (Å²) in [4.78, 5) is 14.9. The van der Waals surface area contributed by atoms with Crippen molar-refractivity contribution in [2.24, 2.45) is 0 Å². The van der Waals surface area contributed by atoms with E-state index in [-0.39, 0.29) is 17.5 Å². The fourth-order valence-corrected chi connectivity index (χ4v) is 3.93. The number of carbonyl (C=O) groups is 1. The molecule has 1 N–H and O–H groups in total. The molecule has 0 spiro atoms. The van der Waals surface area contributed by atoms with Crippen LogP contribution in [0.1, 0.15) is 47.8 Å². The molecule has 0 radical (unpaired) electrons. The molecule has 1 unspecified atom stereocenters. The van der Waals surface area contributed by atoms with Gasteiger partial charge in [-0.1, -0.05) is 60.7 Å². The maximum Gasteiger partial charge on any atom is 0.259 e. The Labute approximate surface area is 166 Å². The zero-order valence-electron chi connectivity index (χ0n) is 16.6. The molecule has 5 heteroatoms. The van der Waals surface area contributed by atoms with E-state index in [1.54, 1.807) is 11.1 Å². The van der Waals surface area contributed by atoms with Crippen molar-refractivity contribution < 1.29 is 4.79 Å². The molecule has 2 heterocycles. The predicted octanol–water partition coefficient (Wildman–Crippen LogP) is 4.45. The maximum atomic E-state index is 13.2. The Bertz CT molecular complexity index is 963. The van der Waals surface area contributed by atoms with Crippen LogP contribution in [0, 0.1) is 0 Å². The lowest BCUT2D eigenvalue weighted by Gasteiger charge is -2.38. The number of fused-ring (bicyclic) bond motifs is 1. The molecule has 1 aromatic heterocycles. The molecule has 1 aliphatic rings. The van der Waals surface area contributed by atoms with E-state index < -0.39 is 0 Å². The number of nitrogens with zero attached hydrogens (tertiary/aromatic N) is 3. The van der Waals surface area contributed by atoms with Gasteiger partial charge in [-0.15, -0.1) is 0 Å². The molecule has 1 amide bonds. The minimum Gasteiger partial charge on any atom is -0.363 e. The highest BCUT2D eigenvalue weighted by atomic mass is 16.2. The van der Waals surface area contributed by atoms with E-state index in [4.69, 9.17) is 0 Å². The number of aromatic nitrogens is 2. The molecule has 28 heavy (non-hydrogen) atoms. The Hall–Kier alpha value is -3.08. The summed E-state index contributed by atoms with van der Waals surface area (Å²) in [5.74, 6) is 0.775. The highest BCUT2D eigenvalue weighted by Gasteiger charge is 2.37. The third-order valence-electron chi connectivity index (χ3n) is 5.40. The van der Waals surface area contributed by atoms with Crippen molar-refractivity contribution in [3.05, 3.63) is 83.6 Å². The molecule has 5 nitrogen and oxygen atoms in total. The number of anilines is 1. The average molecular weight is 374 g/mol. The van der Waals surface area contributed by atoms with Gasteiger partial charge in [-0.2, -0.15) is 5.10 Å². The van der Waals surface area contributed by atoms with E-state index in [1.807, 2.05) is 48.1 Å². The summed E-state index contributed by atoms with van der Waals surface area (Å²) >= 11 is 0. The van der Waals surface area contributed by atoms with Crippen LogP contribution in [0.2, 0.25) is 0 Å². The van der Waals surface area contributed by atoms with Crippen molar-refractivity contribution in [3.63, 3.8) is 0 Å². The number of hydrogen-bond acceptors (Lipinski definition) is 3. The van der Waals surface area contributed by atoms with Gasteiger partial charge in [-0.05, 0) is 31.4 Å². The highest BCUT2D eigenvalue weighted by molar-refractivity contribution is 5.98. The van der Waals surface area contributed by atoms with Crippen LogP contribution < -0.4 is 5.32 Å². The maximum absolute atomic E-state index is 13.2. The number of rotatable bonds is 4. The average Bonchev–Trinajstić information content (AvgIpc) is 3.13. The van der Waals surface area contributed by atoms with Crippen molar-refractivity contribution in [2.75, 3.05) is 12.4 Å². The first kappa shape index (κ1) is 18.3. The molecular weight excluding hydrogens is 348 g/mol. The Morgan fingerprint density at radius 1 is 1.14 bits per heavy atom. The van der Waals surface area contributed by atoms with Crippen molar-refractivity contribution >= 4 is 11.7 Å². The van der Waals surface area contributed by atoms with Gasteiger partial charge in [-0.25, -0.2) is 4.68 Å². The van der Waals surface area contributed by atoms with Gasteiger partial charge in [0.05, 0.1) is 17.8 Å². The second-order valence-corrected chi connectivity index (χ2v) is 8.09. The molecule has 0 aliphatic carbocycles. The number of benzene rings is 2. The molecule has 144 valence electrons. The first-order valence-electron chi connectivity index (χ1n) is 9.65. The molecule has 0 saturated carbocycles. The monoisotopic (exact) mass is 374 g/mol. The summed E-state index contributed by atoms with van der Waals surface area (Å²) in [7, 11) is 1.84. The molecule has 2 aromatic carbocycles. The minimum atomic E-state index is -0.183. The van der Waals surface area contributed by atoms with Crippen LogP contribution in [0.3, 0.4) is 0 Å². The standard InChI is InChI=1S/C23H26N4O/c1-23(2)14-20(18-12-8-5-9-13-18)25-21-19(15-24-27(21)23)22(28)26(3)16-17-10-6-4-7-11-17/h4-13,15,20,25H,14,16H2,1-3H3. The van der Waals surface area contributed by atoms with Crippen LogP contribution >= 0.6 is 0 Å². The van der Waals surface area contributed by atoms with E-state index in [2.05, 4.69) is 48.5 Å². The van der Waals surface area contributed by atoms with Gasteiger partial charge in [0.2, 0.25) is 0 Å². The first-order valence-corrected chi connectivity index (χ1v) is 9.65. The Balaban J connectivity index is 1.63. The van der Waals surface area contributed by atoms with Crippen molar-refractivity contribution in [1.29, 1.82) is 0 Å². The number of carbonyl (C=O) groups excluding carboxylic acids is 1. The lowest BCUT2D eigenvalue weighted by molar-refractivity contribution is 0.0785. The van der Waals surface area contributed by atoms with Gasteiger partial charge >= 0.3 is 0 Å². The van der Waals surface area contributed by atoms with Crippen molar-refractivity contribution in [3.8, 4) is 0 Å². The fourth-order valence-electron chi connectivity index (χ4n) is 3.93. The van der Waals surface area contributed by atoms with Gasteiger partial charge in [-0.3, -0.25) is 4.79 Å². The molecule has 3 aromatic rings. The normalized spacial score (nSPS) is 17.5. The van der Waals surface area contributed by atoms with E-state index in [1.165, 1.54) is 5.56 Å². The van der Waals surface area contributed by atoms with Crippen LogP contribution in [-0.2, 0) is 12.1 Å². The topological polar surface area (TPSA) is 50.2 Å². The van der Waals surface area contributed by atoms with Crippen LogP contribution in [0.25, 0.3) is 0 Å². The van der Waals surface area contributed by atoms with E-state index in [9.17, 15) is 4.79 Å². The molecule has 1 atom stereocenters. The van der Waals surface area contributed by atoms with Gasteiger partial charge in [0.1, 0.15) is 11.4 Å². The minimum absolute atomic E-state index is 0.0258. The lowest BCUT2D eigenvalue weighted by Crippen LogP contribution is -2.38. The van der Waals surface area contributed by atoms with Crippen molar-refractivity contribution in [2.45, 2.75) is 38.4 Å². The van der Waals surface area contributed by atoms with E-state index in [0.29, 0.717) is 12.1 Å². The first-order chi connectivity index (χ1) is 13.5.